The van der Waals surface area contributed by atoms with E-state index in [0.717, 1.165) is 18.6 Å². The molecule has 19 heavy (non-hydrogen) atoms. The molecule has 0 heterocycles. The molecule has 1 amide bonds. The van der Waals surface area contributed by atoms with Gasteiger partial charge in [-0.1, -0.05) is 13.0 Å². The van der Waals surface area contributed by atoms with Crippen molar-refractivity contribution in [2.75, 3.05) is 0 Å². The first-order valence-electron chi connectivity index (χ1n) is 6.33. The van der Waals surface area contributed by atoms with Gasteiger partial charge in [0.2, 0.25) is 5.91 Å². The van der Waals surface area contributed by atoms with Gasteiger partial charge in [0.05, 0.1) is 12.1 Å². The van der Waals surface area contributed by atoms with Crippen LogP contribution in [0.4, 0.5) is 8.78 Å². The van der Waals surface area contributed by atoms with E-state index in [1.165, 1.54) is 6.07 Å². The van der Waals surface area contributed by atoms with Crippen LogP contribution in [0.25, 0.3) is 0 Å². The lowest BCUT2D eigenvalue weighted by atomic mass is 10.0. The summed E-state index contributed by atoms with van der Waals surface area (Å²) in [6.07, 6.45) is -0.201. The Morgan fingerprint density at radius 2 is 2.05 bits per heavy atom. The van der Waals surface area contributed by atoms with Gasteiger partial charge in [-0.3, -0.25) is 4.79 Å². The van der Waals surface area contributed by atoms with Crippen molar-refractivity contribution in [3.8, 4) is 0 Å². The number of hydrogen-bond acceptors (Lipinski definition) is 2. The van der Waals surface area contributed by atoms with Gasteiger partial charge in [-0.15, -0.1) is 0 Å². The van der Waals surface area contributed by atoms with Crippen LogP contribution in [0.15, 0.2) is 18.2 Å². The molecule has 1 fully saturated rings. The highest BCUT2D eigenvalue weighted by atomic mass is 19.2. The van der Waals surface area contributed by atoms with E-state index in [4.69, 9.17) is 0 Å². The molecule has 4 unspecified atom stereocenters. The van der Waals surface area contributed by atoms with Gasteiger partial charge in [-0.05, 0) is 37.0 Å². The Kier molecular flexibility index (Phi) is 3.85. The fraction of sp³-hybridized carbons (Fsp3) is 0.500. The number of rotatable bonds is 4. The number of carbonyl (C=O) groups excluding carboxylic acids is 1. The second-order valence-electron chi connectivity index (χ2n) is 5.24. The van der Waals surface area contributed by atoms with E-state index >= 15 is 0 Å². The monoisotopic (exact) mass is 269 g/mol. The second kappa shape index (κ2) is 5.25. The van der Waals surface area contributed by atoms with E-state index in [1.54, 1.807) is 6.92 Å². The molecular weight excluding hydrogens is 252 g/mol. The van der Waals surface area contributed by atoms with Gasteiger partial charge >= 0.3 is 0 Å². The van der Waals surface area contributed by atoms with E-state index in [0.29, 0.717) is 5.92 Å². The van der Waals surface area contributed by atoms with Crippen LogP contribution in [-0.2, 0) is 4.79 Å². The Labute approximate surface area is 110 Å². The van der Waals surface area contributed by atoms with Crippen LogP contribution in [0.1, 0.15) is 31.9 Å². The van der Waals surface area contributed by atoms with Gasteiger partial charge in [-0.2, -0.15) is 0 Å². The maximum Gasteiger partial charge on any atom is 0.223 e. The van der Waals surface area contributed by atoms with Gasteiger partial charge in [-0.25, -0.2) is 8.78 Å². The second-order valence-corrected chi connectivity index (χ2v) is 5.24. The van der Waals surface area contributed by atoms with Crippen LogP contribution in [0, 0.1) is 23.5 Å². The first-order chi connectivity index (χ1) is 8.90. The lowest BCUT2D eigenvalue weighted by Gasteiger charge is -2.20. The number of benzene rings is 1. The summed E-state index contributed by atoms with van der Waals surface area (Å²) in [7, 11) is 0. The highest BCUT2D eigenvalue weighted by molar-refractivity contribution is 5.81. The topological polar surface area (TPSA) is 49.3 Å². The quantitative estimate of drug-likeness (QED) is 0.880. The van der Waals surface area contributed by atoms with Gasteiger partial charge in [0.1, 0.15) is 0 Å². The highest BCUT2D eigenvalue weighted by Crippen LogP contribution is 2.38. The average molecular weight is 269 g/mol. The molecule has 0 aromatic heterocycles. The predicted molar refractivity (Wildman–Crippen MR) is 66.2 cm³/mol. The Morgan fingerprint density at radius 1 is 1.42 bits per heavy atom. The third-order valence-electron chi connectivity index (χ3n) is 3.57. The zero-order chi connectivity index (χ0) is 14.2. The molecule has 1 aromatic carbocycles. The maximum absolute atomic E-state index is 13.1. The summed E-state index contributed by atoms with van der Waals surface area (Å²) < 4.78 is 25.9. The molecule has 0 saturated heterocycles. The summed E-state index contributed by atoms with van der Waals surface area (Å²) in [5.74, 6) is -1.67. The summed E-state index contributed by atoms with van der Waals surface area (Å²) in [6, 6.07) is 2.67. The van der Waals surface area contributed by atoms with Crippen molar-refractivity contribution in [3.05, 3.63) is 35.4 Å². The molecule has 2 rings (SSSR count). The van der Waals surface area contributed by atoms with Crippen LogP contribution >= 0.6 is 0 Å². The number of amides is 1. The molecule has 4 atom stereocenters. The summed E-state index contributed by atoms with van der Waals surface area (Å²) in [5, 5.41) is 12.7. The minimum atomic E-state index is -1.06. The minimum Gasteiger partial charge on any atom is -0.386 e. The number of aliphatic hydroxyl groups excluding tert-OH is 1. The predicted octanol–water partition coefficient (Wildman–Crippen LogP) is 2.16. The number of nitrogens with one attached hydrogen (secondary N) is 1. The fourth-order valence-corrected chi connectivity index (χ4v) is 2.08. The molecule has 1 aliphatic carbocycles. The Bertz CT molecular complexity index is 492. The van der Waals surface area contributed by atoms with Gasteiger partial charge in [0, 0.05) is 5.92 Å². The molecule has 104 valence electrons. The molecule has 1 aliphatic rings. The van der Waals surface area contributed by atoms with Crippen LogP contribution < -0.4 is 5.32 Å². The summed E-state index contributed by atoms with van der Waals surface area (Å²) in [6.45, 7) is 3.62. The van der Waals surface area contributed by atoms with Gasteiger partial charge in [0.15, 0.2) is 11.6 Å². The van der Waals surface area contributed by atoms with E-state index in [1.807, 2.05) is 6.92 Å². The zero-order valence-electron chi connectivity index (χ0n) is 10.9. The van der Waals surface area contributed by atoms with Crippen LogP contribution in [0.2, 0.25) is 0 Å². The van der Waals surface area contributed by atoms with Crippen molar-refractivity contribution < 1.29 is 18.7 Å². The van der Waals surface area contributed by atoms with Crippen molar-refractivity contribution in [1.82, 2.24) is 5.32 Å². The van der Waals surface area contributed by atoms with E-state index in [-0.39, 0.29) is 17.4 Å². The number of carbonyl (C=O) groups is 1. The molecule has 3 nitrogen and oxygen atoms in total. The van der Waals surface area contributed by atoms with E-state index in [2.05, 4.69) is 5.32 Å². The Morgan fingerprint density at radius 3 is 2.58 bits per heavy atom. The fourth-order valence-electron chi connectivity index (χ4n) is 2.08. The van der Waals surface area contributed by atoms with Crippen LogP contribution in [0.5, 0.6) is 0 Å². The SMILES string of the molecule is CC1CC1C(=O)NC(C)C(O)c1ccc(F)c(F)c1. The van der Waals surface area contributed by atoms with Crippen molar-refractivity contribution in [1.29, 1.82) is 0 Å². The number of aliphatic hydroxyl groups is 1. The molecule has 5 heteroatoms. The minimum absolute atomic E-state index is 0.0135. The van der Waals surface area contributed by atoms with Crippen LogP contribution in [0.3, 0.4) is 0 Å². The molecule has 0 bridgehead atoms. The number of hydrogen-bond donors (Lipinski definition) is 2. The Balaban J connectivity index is 1.99. The Hall–Kier alpha value is -1.49. The molecule has 0 radical (unpaired) electrons. The smallest absolute Gasteiger partial charge is 0.223 e. The lowest BCUT2D eigenvalue weighted by Crippen LogP contribution is -2.38. The summed E-state index contributed by atoms with van der Waals surface area (Å²) >= 11 is 0. The maximum atomic E-state index is 13.1. The molecular formula is C14H17F2NO2. The normalized spacial score (nSPS) is 24.7. The first-order valence-corrected chi connectivity index (χ1v) is 6.33. The molecule has 0 aliphatic heterocycles. The van der Waals surface area contributed by atoms with E-state index < -0.39 is 23.8 Å². The molecule has 1 saturated carbocycles. The lowest BCUT2D eigenvalue weighted by molar-refractivity contribution is -0.124. The third-order valence-corrected chi connectivity index (χ3v) is 3.57. The summed E-state index contributed by atoms with van der Waals surface area (Å²) in [5.41, 5.74) is 0.246. The third kappa shape index (κ3) is 3.10. The highest BCUT2D eigenvalue weighted by Gasteiger charge is 2.39. The van der Waals surface area contributed by atoms with Gasteiger partial charge in [0.25, 0.3) is 0 Å². The first kappa shape index (κ1) is 13.9. The average Bonchev–Trinajstić information content (AvgIpc) is 3.09. The molecule has 1 aromatic rings. The summed E-state index contributed by atoms with van der Waals surface area (Å²) in [4.78, 5) is 11.7. The largest absolute Gasteiger partial charge is 0.386 e. The standard InChI is InChI=1S/C14H17F2NO2/c1-7-5-10(7)14(19)17-8(2)13(18)9-3-4-11(15)12(16)6-9/h3-4,6-8,10,13,18H,5H2,1-2H3,(H,17,19). The van der Waals surface area contributed by atoms with E-state index in [9.17, 15) is 18.7 Å². The zero-order valence-corrected chi connectivity index (χ0v) is 10.9. The van der Waals surface area contributed by atoms with Crippen molar-refractivity contribution in [3.63, 3.8) is 0 Å². The molecule has 2 N–H and O–H groups in total. The van der Waals surface area contributed by atoms with Crippen LogP contribution in [-0.4, -0.2) is 17.1 Å². The van der Waals surface area contributed by atoms with Crippen molar-refractivity contribution in [2.24, 2.45) is 11.8 Å². The van der Waals surface area contributed by atoms with Crippen molar-refractivity contribution in [2.45, 2.75) is 32.4 Å². The number of halogens is 2. The van der Waals surface area contributed by atoms with Crippen molar-refractivity contribution >= 4 is 5.91 Å². The van der Waals surface area contributed by atoms with Gasteiger partial charge < -0.3 is 10.4 Å². The molecule has 0 spiro atoms.